The Labute approximate surface area is 408 Å². The predicted octanol–water partition coefficient (Wildman–Crippen LogP) is 17.9. The maximum absolute atomic E-state index is 11.2. The standard InChI is InChI=1S/C66H46N4/c1-41-11-6-15-46(29-41)50-21-25-56-57-26-22-51(47-16-7-12-42(2)30-47)37-61(57)69(60(56)36-50)64-33-45(40-67)34-65(66(64)54-19-10-20-55(35-54)68-5)70-62-38-52(48-17-8-13-43(3)31-48)23-27-58(62)59-28-24-53(39-63(59)70)49-18-9-14-44(4)32-49/h6-39H,1-4H3. The molecule has 0 fully saturated rings. The third-order valence-corrected chi connectivity index (χ3v) is 13.9. The van der Waals surface area contributed by atoms with Crippen molar-refractivity contribution in [1.82, 2.24) is 9.13 Å². The molecule has 0 unspecified atom stereocenters. The maximum Gasteiger partial charge on any atom is 0.187 e. The van der Waals surface area contributed by atoms with Crippen molar-refractivity contribution in [3.63, 3.8) is 0 Å². The summed E-state index contributed by atoms with van der Waals surface area (Å²) in [6, 6.07) is 76.4. The molecular weight excluding hydrogens is 849 g/mol. The van der Waals surface area contributed by atoms with E-state index in [2.05, 4.69) is 224 Å². The molecule has 0 aliphatic carbocycles. The van der Waals surface area contributed by atoms with Crippen LogP contribution in [0.25, 0.3) is 115 Å². The smallest absolute Gasteiger partial charge is 0.187 e. The minimum absolute atomic E-state index is 0.523. The fraction of sp³-hybridized carbons (Fsp3) is 0.0606. The Bertz CT molecular complexity index is 3760. The molecular formula is C66H46N4. The van der Waals surface area contributed by atoms with E-state index >= 15 is 0 Å². The van der Waals surface area contributed by atoms with Crippen molar-refractivity contribution in [3.8, 4) is 73.1 Å². The summed E-state index contributed by atoms with van der Waals surface area (Å²) >= 11 is 0. The highest BCUT2D eigenvalue weighted by Gasteiger charge is 2.25. The molecule has 330 valence electrons. The van der Waals surface area contributed by atoms with E-state index in [1.807, 2.05) is 30.3 Å². The van der Waals surface area contributed by atoms with Crippen molar-refractivity contribution in [1.29, 1.82) is 5.26 Å². The van der Waals surface area contributed by atoms with Crippen LogP contribution in [0.5, 0.6) is 0 Å². The minimum Gasteiger partial charge on any atom is -0.308 e. The second kappa shape index (κ2) is 16.8. The van der Waals surface area contributed by atoms with Crippen molar-refractivity contribution < 1.29 is 0 Å². The highest BCUT2D eigenvalue weighted by molar-refractivity contribution is 6.14. The second-order valence-electron chi connectivity index (χ2n) is 18.7. The van der Waals surface area contributed by atoms with Gasteiger partial charge in [0, 0.05) is 27.1 Å². The SMILES string of the molecule is [C-]#[N+]c1cccc(-c2c(-n3c4cc(-c5cccc(C)c5)ccc4c4ccc(-c5cccc(C)c5)cc43)cc(C#N)cc2-n2c3cc(-c4cccc(C)c4)ccc3c3ccc(-c4cccc(C)c4)cc32)c1. The molecule has 12 aromatic rings. The molecule has 10 aromatic carbocycles. The molecule has 70 heavy (non-hydrogen) atoms. The summed E-state index contributed by atoms with van der Waals surface area (Å²) in [6.07, 6.45) is 0. The lowest BCUT2D eigenvalue weighted by Crippen LogP contribution is -2.05. The van der Waals surface area contributed by atoms with E-state index in [0.717, 1.165) is 111 Å². The number of nitriles is 1. The summed E-state index contributed by atoms with van der Waals surface area (Å²) < 4.78 is 4.75. The Balaban J connectivity index is 1.26. The van der Waals surface area contributed by atoms with Crippen LogP contribution in [-0.4, -0.2) is 9.13 Å². The van der Waals surface area contributed by atoms with Gasteiger partial charge in [0.25, 0.3) is 0 Å². The van der Waals surface area contributed by atoms with Crippen LogP contribution >= 0.6 is 0 Å². The number of nitrogens with zero attached hydrogens (tertiary/aromatic N) is 4. The monoisotopic (exact) mass is 894 g/mol. The quantitative estimate of drug-likeness (QED) is 0.147. The average molecular weight is 895 g/mol. The van der Waals surface area contributed by atoms with E-state index < -0.39 is 0 Å². The van der Waals surface area contributed by atoms with Gasteiger partial charge in [-0.1, -0.05) is 186 Å². The van der Waals surface area contributed by atoms with Gasteiger partial charge in [0.15, 0.2) is 5.69 Å². The Hall–Kier alpha value is -9.22. The largest absolute Gasteiger partial charge is 0.308 e. The van der Waals surface area contributed by atoms with Crippen molar-refractivity contribution in [3.05, 3.63) is 245 Å². The van der Waals surface area contributed by atoms with E-state index in [4.69, 9.17) is 6.57 Å². The van der Waals surface area contributed by atoms with Crippen LogP contribution in [0.4, 0.5) is 5.69 Å². The number of aromatic nitrogens is 2. The van der Waals surface area contributed by atoms with Crippen molar-refractivity contribution >= 4 is 49.3 Å². The molecule has 0 atom stereocenters. The fourth-order valence-corrected chi connectivity index (χ4v) is 10.6. The Morgan fingerprint density at radius 1 is 0.357 bits per heavy atom. The number of benzene rings is 10. The lowest BCUT2D eigenvalue weighted by molar-refractivity contribution is 1.13. The van der Waals surface area contributed by atoms with E-state index in [-0.39, 0.29) is 0 Å². The summed E-state index contributed by atoms with van der Waals surface area (Å²) in [4.78, 5) is 3.97. The zero-order valence-electron chi connectivity index (χ0n) is 39.4. The number of rotatable bonds is 7. The van der Waals surface area contributed by atoms with E-state index in [9.17, 15) is 5.26 Å². The van der Waals surface area contributed by atoms with Crippen molar-refractivity contribution in [2.24, 2.45) is 0 Å². The van der Waals surface area contributed by atoms with Gasteiger partial charge in [-0.2, -0.15) is 5.26 Å². The molecule has 0 amide bonds. The van der Waals surface area contributed by atoms with Gasteiger partial charge in [0.1, 0.15) is 0 Å². The molecule has 0 radical (unpaired) electrons. The molecule has 0 aliphatic heterocycles. The first-order chi connectivity index (χ1) is 34.2. The van der Waals surface area contributed by atoms with Crippen LogP contribution in [0.2, 0.25) is 0 Å². The summed E-state index contributed by atoms with van der Waals surface area (Å²) in [5.41, 5.74) is 22.3. The first-order valence-corrected chi connectivity index (χ1v) is 23.7. The van der Waals surface area contributed by atoms with Crippen LogP contribution < -0.4 is 0 Å². The van der Waals surface area contributed by atoms with E-state index in [1.165, 1.54) is 22.3 Å². The number of aryl methyl sites for hydroxylation is 4. The molecule has 0 bridgehead atoms. The van der Waals surface area contributed by atoms with Gasteiger partial charge in [-0.3, -0.25) is 0 Å². The maximum atomic E-state index is 11.2. The first kappa shape index (κ1) is 42.2. The van der Waals surface area contributed by atoms with Gasteiger partial charge in [-0.25, -0.2) is 4.85 Å². The molecule has 0 spiro atoms. The van der Waals surface area contributed by atoms with Gasteiger partial charge in [-0.15, -0.1) is 0 Å². The third-order valence-electron chi connectivity index (χ3n) is 13.9. The minimum atomic E-state index is 0.523. The van der Waals surface area contributed by atoms with Crippen molar-refractivity contribution in [2.45, 2.75) is 27.7 Å². The molecule has 4 heteroatoms. The molecule has 2 heterocycles. The number of hydrogen-bond acceptors (Lipinski definition) is 1. The summed E-state index contributed by atoms with van der Waals surface area (Å²) in [5, 5.41) is 15.7. The van der Waals surface area contributed by atoms with E-state index in [0.29, 0.717) is 11.3 Å². The van der Waals surface area contributed by atoms with Crippen LogP contribution in [-0.2, 0) is 0 Å². The highest BCUT2D eigenvalue weighted by Crippen LogP contribution is 2.46. The Kier molecular flexibility index (Phi) is 10.1. The predicted molar refractivity (Wildman–Crippen MR) is 292 cm³/mol. The van der Waals surface area contributed by atoms with Gasteiger partial charge in [-0.05, 0) is 120 Å². The van der Waals surface area contributed by atoms with Crippen LogP contribution in [0.15, 0.2) is 206 Å². The molecule has 0 aliphatic rings. The Morgan fingerprint density at radius 2 is 0.671 bits per heavy atom. The summed E-state index contributed by atoms with van der Waals surface area (Å²) in [7, 11) is 0. The average Bonchev–Trinajstić information content (AvgIpc) is 3.89. The third kappa shape index (κ3) is 7.23. The molecule has 0 saturated heterocycles. The molecule has 12 rings (SSSR count). The lowest BCUT2D eigenvalue weighted by Gasteiger charge is -2.21. The topological polar surface area (TPSA) is 38.0 Å². The zero-order valence-corrected chi connectivity index (χ0v) is 39.4. The molecule has 4 nitrogen and oxygen atoms in total. The fourth-order valence-electron chi connectivity index (χ4n) is 10.6. The van der Waals surface area contributed by atoms with Gasteiger partial charge in [0.2, 0.25) is 0 Å². The summed E-state index contributed by atoms with van der Waals surface area (Å²) in [5.74, 6) is 0. The lowest BCUT2D eigenvalue weighted by atomic mass is 9.97. The van der Waals surface area contributed by atoms with Crippen LogP contribution in [0.3, 0.4) is 0 Å². The second-order valence-corrected chi connectivity index (χ2v) is 18.7. The summed E-state index contributed by atoms with van der Waals surface area (Å²) in [6.45, 7) is 16.8. The van der Waals surface area contributed by atoms with Crippen LogP contribution in [0.1, 0.15) is 27.8 Å². The highest BCUT2D eigenvalue weighted by atomic mass is 15.0. The van der Waals surface area contributed by atoms with E-state index in [1.54, 1.807) is 0 Å². The van der Waals surface area contributed by atoms with Gasteiger partial charge < -0.3 is 9.13 Å². The molecule has 0 N–H and O–H groups in total. The van der Waals surface area contributed by atoms with Gasteiger partial charge in [0.05, 0.1) is 51.6 Å². The first-order valence-electron chi connectivity index (χ1n) is 23.7. The molecule has 2 aromatic heterocycles. The Morgan fingerprint density at radius 3 is 0.986 bits per heavy atom. The van der Waals surface area contributed by atoms with Crippen LogP contribution in [0, 0.1) is 45.6 Å². The number of fused-ring (bicyclic) bond motifs is 6. The normalized spacial score (nSPS) is 11.4. The van der Waals surface area contributed by atoms with Gasteiger partial charge >= 0.3 is 0 Å². The van der Waals surface area contributed by atoms with Crippen molar-refractivity contribution in [2.75, 3.05) is 0 Å². The molecule has 0 saturated carbocycles. The number of hydrogen-bond donors (Lipinski definition) is 0. The zero-order chi connectivity index (χ0) is 47.6.